The van der Waals surface area contributed by atoms with Gasteiger partial charge in [0.15, 0.2) is 4.90 Å². The molecule has 1 fully saturated rings. The maximum atomic E-state index is 15.6. The van der Waals surface area contributed by atoms with E-state index in [4.69, 9.17) is 11.6 Å². The van der Waals surface area contributed by atoms with E-state index >= 15 is 4.39 Å². The SMILES string of the molecule is Cc1c([S+](C)[O-])c(-c2cc(F)cc(N3CCN(c4ccc(NSc5ccc(NCCSc6ccccc6F)c(S(=O)(=O)C(F)(F)F)c5)cc4)CC3)c2)c(-c2ccc(Cl)cc2)n1C(C)C. The molecule has 18 heteroatoms. The largest absolute Gasteiger partial charge is 0.612 e. The predicted molar refractivity (Wildman–Crippen MR) is 253 cm³/mol. The molecule has 5 aromatic carbocycles. The predicted octanol–water partition coefficient (Wildman–Crippen LogP) is 12.3. The van der Waals surface area contributed by atoms with Crippen LogP contribution in [-0.4, -0.2) is 67.8 Å². The quantitative estimate of drug-likeness (QED) is 0.0343. The number of halogens is 6. The highest BCUT2D eigenvalue weighted by Gasteiger charge is 2.48. The average Bonchev–Trinajstić information content (AvgIpc) is 3.58. The van der Waals surface area contributed by atoms with Crippen molar-refractivity contribution >= 4 is 79.1 Å². The van der Waals surface area contributed by atoms with Crippen molar-refractivity contribution < 1.29 is 34.9 Å². The first-order valence-electron chi connectivity index (χ1n) is 20.2. The van der Waals surface area contributed by atoms with Gasteiger partial charge in [-0.05, 0) is 140 Å². The van der Waals surface area contributed by atoms with Gasteiger partial charge in [0.05, 0.1) is 22.6 Å². The Labute approximate surface area is 386 Å². The van der Waals surface area contributed by atoms with Crippen LogP contribution in [-0.2, 0) is 21.0 Å². The van der Waals surface area contributed by atoms with Crippen molar-refractivity contribution in [1.82, 2.24) is 4.57 Å². The summed E-state index contributed by atoms with van der Waals surface area (Å²) in [5.41, 5.74) is 0.504. The molecule has 0 spiro atoms. The van der Waals surface area contributed by atoms with Crippen LogP contribution in [0.5, 0.6) is 0 Å². The lowest BCUT2D eigenvalue weighted by Gasteiger charge is -2.37. The molecule has 1 aliphatic rings. The summed E-state index contributed by atoms with van der Waals surface area (Å²) in [4.78, 5) is 4.69. The summed E-state index contributed by atoms with van der Waals surface area (Å²) in [6, 6.07) is 29.8. The van der Waals surface area contributed by atoms with Gasteiger partial charge in [0.25, 0.3) is 9.84 Å². The summed E-state index contributed by atoms with van der Waals surface area (Å²) in [6.07, 6.45) is 1.65. The minimum Gasteiger partial charge on any atom is -0.612 e. The number of rotatable bonds is 15. The number of alkyl halides is 3. The van der Waals surface area contributed by atoms with E-state index in [-0.39, 0.29) is 28.9 Å². The molecule has 0 aliphatic carbocycles. The number of sulfone groups is 1. The van der Waals surface area contributed by atoms with Gasteiger partial charge in [-0.3, -0.25) is 0 Å². The maximum Gasteiger partial charge on any atom is 0.501 e. The van der Waals surface area contributed by atoms with E-state index in [0.717, 1.165) is 58.0 Å². The number of hydrogen-bond acceptors (Lipinski definition) is 9. The molecule has 1 atom stereocenters. The summed E-state index contributed by atoms with van der Waals surface area (Å²) in [5, 5.41) is 3.36. The summed E-state index contributed by atoms with van der Waals surface area (Å²) in [6.45, 7) is 8.62. The van der Waals surface area contributed by atoms with Crippen LogP contribution in [0.2, 0.25) is 5.02 Å². The topological polar surface area (TPSA) is 92.7 Å². The van der Waals surface area contributed by atoms with Gasteiger partial charge >= 0.3 is 5.51 Å². The van der Waals surface area contributed by atoms with E-state index in [0.29, 0.717) is 57.9 Å². The lowest BCUT2D eigenvalue weighted by Crippen LogP contribution is -2.46. The molecule has 2 heterocycles. The van der Waals surface area contributed by atoms with Crippen molar-refractivity contribution in [3.05, 3.63) is 132 Å². The molecule has 0 saturated carbocycles. The van der Waals surface area contributed by atoms with Gasteiger partial charge in [0.1, 0.15) is 22.8 Å². The third-order valence-electron chi connectivity index (χ3n) is 10.7. The minimum absolute atomic E-state index is 0.0316. The van der Waals surface area contributed by atoms with Gasteiger partial charge in [0, 0.05) is 76.4 Å². The summed E-state index contributed by atoms with van der Waals surface area (Å²) in [5.74, 6) is -0.553. The number of benzene rings is 5. The second-order valence-electron chi connectivity index (χ2n) is 15.3. The number of hydrogen-bond donors (Lipinski definition) is 2. The Balaban J connectivity index is 1.02. The van der Waals surface area contributed by atoms with Gasteiger partial charge in [-0.1, -0.05) is 35.9 Å². The number of thioether (sulfide) groups is 1. The van der Waals surface area contributed by atoms with Crippen molar-refractivity contribution in [2.24, 2.45) is 0 Å². The monoisotopic (exact) mass is 973 g/mol. The number of nitrogens with one attached hydrogen (secondary N) is 2. The number of piperazine rings is 1. The highest BCUT2D eigenvalue weighted by atomic mass is 35.5. The third-order valence-corrected chi connectivity index (χ3v) is 15.4. The fourth-order valence-corrected chi connectivity index (χ4v) is 11.5. The van der Waals surface area contributed by atoms with E-state index < -0.39 is 43.1 Å². The minimum atomic E-state index is -5.70. The Kier molecular flexibility index (Phi) is 14.8. The van der Waals surface area contributed by atoms with Crippen molar-refractivity contribution in [2.45, 2.75) is 51.9 Å². The molecule has 7 rings (SSSR count). The van der Waals surface area contributed by atoms with Crippen LogP contribution in [0.1, 0.15) is 25.6 Å². The van der Waals surface area contributed by atoms with Crippen LogP contribution in [0.15, 0.2) is 129 Å². The van der Waals surface area contributed by atoms with Crippen LogP contribution in [0.3, 0.4) is 0 Å². The van der Waals surface area contributed by atoms with Crippen molar-refractivity contribution in [3.63, 3.8) is 0 Å². The zero-order chi connectivity index (χ0) is 45.9. The van der Waals surface area contributed by atoms with Crippen molar-refractivity contribution in [1.29, 1.82) is 0 Å². The highest BCUT2D eigenvalue weighted by molar-refractivity contribution is 8.00. The fraction of sp³-hybridized carbons (Fsp3) is 0.261. The van der Waals surface area contributed by atoms with Gasteiger partial charge in [-0.25, -0.2) is 17.2 Å². The second-order valence-corrected chi connectivity index (χ2v) is 21.0. The van der Waals surface area contributed by atoms with Gasteiger partial charge < -0.3 is 29.0 Å². The van der Waals surface area contributed by atoms with Crippen LogP contribution >= 0.6 is 35.3 Å². The smallest absolute Gasteiger partial charge is 0.501 e. The van der Waals surface area contributed by atoms with E-state index in [1.54, 1.807) is 24.5 Å². The second kappa shape index (κ2) is 19.9. The summed E-state index contributed by atoms with van der Waals surface area (Å²) in [7, 11) is -5.70. The van der Waals surface area contributed by atoms with E-state index in [2.05, 4.69) is 38.3 Å². The fourth-order valence-electron chi connectivity index (χ4n) is 7.79. The Hall–Kier alpha value is -4.52. The number of aromatic nitrogens is 1. The standard InChI is InChI=1S/C46H45ClF5N5O3S4/c1-29(2)57-30(3)45(63(4)58)43(44(57)31-9-11-33(47)12-10-31)32-25-34(48)27-37(26-32)56-22-20-55(21-23-56)36-15-13-35(14-16-36)54-62-38-17-18-40(42(28-38)64(59,60)46(50,51)52)53-19-24-61-41-8-6-5-7-39(41)49/h5-18,25-29,53-54H,19-24H2,1-4H3. The molecule has 0 bridgehead atoms. The first-order valence-corrected chi connectivity index (χ1v) is 25.4. The molecule has 2 N–H and O–H groups in total. The average molecular weight is 975 g/mol. The molecular formula is C46H45ClF5N5O3S4. The van der Waals surface area contributed by atoms with E-state index in [1.165, 1.54) is 30.3 Å². The summed E-state index contributed by atoms with van der Waals surface area (Å²) < 4.78 is 115. The Morgan fingerprint density at radius 3 is 2.12 bits per heavy atom. The Morgan fingerprint density at radius 1 is 0.844 bits per heavy atom. The maximum absolute atomic E-state index is 15.6. The highest BCUT2D eigenvalue weighted by Crippen LogP contribution is 2.45. The molecule has 8 nitrogen and oxygen atoms in total. The lowest BCUT2D eigenvalue weighted by molar-refractivity contribution is -0.0435. The van der Waals surface area contributed by atoms with Crippen LogP contribution in [0.4, 0.5) is 44.7 Å². The van der Waals surface area contributed by atoms with Gasteiger partial charge in [-0.15, -0.1) is 11.8 Å². The molecule has 0 amide bonds. The van der Waals surface area contributed by atoms with Crippen LogP contribution in [0.25, 0.3) is 22.4 Å². The van der Waals surface area contributed by atoms with Crippen LogP contribution < -0.4 is 19.8 Å². The molecular weight excluding hydrogens is 929 g/mol. The molecule has 1 aliphatic heterocycles. The molecule has 1 unspecified atom stereocenters. The normalized spacial score (nSPS) is 14.0. The Bertz CT molecular complexity index is 2710. The molecule has 1 saturated heterocycles. The molecule has 1 aromatic heterocycles. The van der Waals surface area contributed by atoms with Crippen LogP contribution in [0, 0.1) is 18.6 Å². The zero-order valence-corrected chi connectivity index (χ0v) is 39.2. The van der Waals surface area contributed by atoms with Crippen molar-refractivity contribution in [3.8, 4) is 22.4 Å². The van der Waals surface area contributed by atoms with Gasteiger partial charge in [0.2, 0.25) is 0 Å². The third kappa shape index (κ3) is 10.4. The molecule has 0 radical (unpaired) electrons. The van der Waals surface area contributed by atoms with E-state index in [9.17, 15) is 30.5 Å². The number of nitrogens with zero attached hydrogens (tertiary/aromatic N) is 3. The molecule has 64 heavy (non-hydrogen) atoms. The summed E-state index contributed by atoms with van der Waals surface area (Å²) >= 11 is 7.00. The Morgan fingerprint density at radius 2 is 1.50 bits per heavy atom. The molecule has 338 valence electrons. The van der Waals surface area contributed by atoms with Gasteiger partial charge in [-0.2, -0.15) is 13.2 Å². The first kappa shape index (κ1) is 47.4. The van der Waals surface area contributed by atoms with Crippen molar-refractivity contribution in [2.75, 3.05) is 64.6 Å². The number of anilines is 4. The molecule has 6 aromatic rings. The lowest BCUT2D eigenvalue weighted by atomic mass is 9.99. The first-order chi connectivity index (χ1) is 30.4. The van der Waals surface area contributed by atoms with E-state index in [1.807, 2.05) is 61.5 Å². The zero-order valence-electron chi connectivity index (χ0n) is 35.2.